The summed E-state index contributed by atoms with van der Waals surface area (Å²) in [5.41, 5.74) is 1.02. The van der Waals surface area contributed by atoms with Gasteiger partial charge in [0.1, 0.15) is 0 Å². The fourth-order valence-corrected chi connectivity index (χ4v) is 3.17. The summed E-state index contributed by atoms with van der Waals surface area (Å²) in [6, 6.07) is 10.3. The number of hydrogen-bond donors (Lipinski definition) is 1. The lowest BCUT2D eigenvalue weighted by Gasteiger charge is -2.10. The Morgan fingerprint density at radius 3 is 2.60 bits per heavy atom. The molecule has 0 radical (unpaired) electrons. The van der Waals surface area contributed by atoms with Gasteiger partial charge in [-0.1, -0.05) is 0 Å². The van der Waals surface area contributed by atoms with Crippen LogP contribution in [0.25, 0.3) is 0 Å². The lowest BCUT2D eigenvalue weighted by molar-refractivity contribution is 0.572. The van der Waals surface area contributed by atoms with E-state index < -0.39 is 10.0 Å². The molecule has 0 saturated carbocycles. The maximum absolute atomic E-state index is 12.2. The van der Waals surface area contributed by atoms with Crippen LogP contribution in [0.15, 0.2) is 47.6 Å². The van der Waals surface area contributed by atoms with Gasteiger partial charge in [0.15, 0.2) is 0 Å². The smallest absolute Gasteiger partial charge is 0.240 e. The van der Waals surface area contributed by atoms with E-state index in [2.05, 4.69) is 4.72 Å². The van der Waals surface area contributed by atoms with Crippen molar-refractivity contribution in [1.82, 2.24) is 9.29 Å². The van der Waals surface area contributed by atoms with Crippen molar-refractivity contribution in [2.75, 3.05) is 6.54 Å². The first-order valence-corrected chi connectivity index (χ1v) is 7.62. The van der Waals surface area contributed by atoms with Crippen molar-refractivity contribution >= 4 is 10.0 Å². The second kappa shape index (κ2) is 5.90. The molecule has 1 N–H and O–H groups in total. The molecule has 2 rings (SSSR count). The van der Waals surface area contributed by atoms with Gasteiger partial charge in [-0.25, -0.2) is 13.1 Å². The van der Waals surface area contributed by atoms with E-state index in [1.54, 1.807) is 13.0 Å². The van der Waals surface area contributed by atoms with Crippen molar-refractivity contribution in [2.24, 2.45) is 0 Å². The lowest BCUT2D eigenvalue weighted by Crippen LogP contribution is -2.27. The Kier molecular flexibility index (Phi) is 4.23. The average molecular weight is 289 g/mol. The van der Waals surface area contributed by atoms with Crippen molar-refractivity contribution in [3.05, 3.63) is 53.9 Å². The molecular formula is C14H15N3O2S. The van der Waals surface area contributed by atoms with Gasteiger partial charge in [-0.05, 0) is 42.8 Å². The molecule has 0 bridgehead atoms. The zero-order valence-corrected chi connectivity index (χ0v) is 11.9. The van der Waals surface area contributed by atoms with Gasteiger partial charge in [-0.15, -0.1) is 0 Å². The van der Waals surface area contributed by atoms with Crippen molar-refractivity contribution < 1.29 is 8.42 Å². The van der Waals surface area contributed by atoms with Crippen LogP contribution in [0.2, 0.25) is 0 Å². The van der Waals surface area contributed by atoms with Crippen molar-refractivity contribution in [3.63, 3.8) is 0 Å². The number of nitrogens with zero attached hydrogens (tertiary/aromatic N) is 2. The monoisotopic (exact) mass is 289 g/mol. The minimum atomic E-state index is -3.54. The van der Waals surface area contributed by atoms with Crippen LogP contribution in [-0.4, -0.2) is 19.5 Å². The number of nitrogens with one attached hydrogen (secondary N) is 1. The third-order valence-corrected chi connectivity index (χ3v) is 4.54. The Balaban J connectivity index is 2.08. The highest BCUT2D eigenvalue weighted by Crippen LogP contribution is 2.16. The van der Waals surface area contributed by atoms with E-state index in [0.717, 1.165) is 0 Å². The van der Waals surface area contributed by atoms with Crippen LogP contribution in [0, 0.1) is 18.3 Å². The van der Waals surface area contributed by atoms with Crippen LogP contribution in [0.5, 0.6) is 0 Å². The van der Waals surface area contributed by atoms with E-state index in [-0.39, 0.29) is 4.90 Å². The minimum absolute atomic E-state index is 0.212. The largest absolute Gasteiger partial charge is 0.353 e. The van der Waals surface area contributed by atoms with E-state index in [4.69, 9.17) is 5.26 Å². The van der Waals surface area contributed by atoms with Crippen LogP contribution < -0.4 is 4.72 Å². The van der Waals surface area contributed by atoms with Crippen LogP contribution >= 0.6 is 0 Å². The lowest BCUT2D eigenvalue weighted by atomic mass is 10.2. The minimum Gasteiger partial charge on any atom is -0.353 e. The number of sulfonamides is 1. The summed E-state index contributed by atoms with van der Waals surface area (Å²) in [6.07, 6.45) is 3.75. The second-order valence-corrected chi connectivity index (χ2v) is 6.15. The molecule has 104 valence electrons. The number of hydrogen-bond acceptors (Lipinski definition) is 3. The van der Waals surface area contributed by atoms with Crippen LogP contribution in [0.1, 0.15) is 11.1 Å². The number of aryl methyl sites for hydroxylation is 1. The molecule has 20 heavy (non-hydrogen) atoms. The van der Waals surface area contributed by atoms with E-state index in [1.807, 2.05) is 35.2 Å². The highest BCUT2D eigenvalue weighted by Gasteiger charge is 2.16. The molecule has 0 unspecified atom stereocenters. The summed E-state index contributed by atoms with van der Waals surface area (Å²) in [5.74, 6) is 0. The first-order chi connectivity index (χ1) is 9.53. The van der Waals surface area contributed by atoms with Crippen LogP contribution in [0.3, 0.4) is 0 Å². The zero-order chi connectivity index (χ0) is 14.6. The SMILES string of the molecule is Cc1cc(C#N)ccc1S(=O)(=O)NCCn1cccc1. The third-order valence-electron chi connectivity index (χ3n) is 2.92. The molecule has 1 heterocycles. The number of rotatable bonds is 5. The average Bonchev–Trinajstić information content (AvgIpc) is 2.91. The van der Waals surface area contributed by atoms with Crippen molar-refractivity contribution in [1.29, 1.82) is 5.26 Å². The molecule has 0 aliphatic carbocycles. The van der Waals surface area contributed by atoms with Crippen LogP contribution in [-0.2, 0) is 16.6 Å². The van der Waals surface area contributed by atoms with Gasteiger partial charge >= 0.3 is 0 Å². The molecule has 0 saturated heterocycles. The second-order valence-electron chi connectivity index (χ2n) is 4.41. The van der Waals surface area contributed by atoms with E-state index in [1.165, 1.54) is 12.1 Å². The molecule has 0 aliphatic heterocycles. The van der Waals surface area contributed by atoms with Gasteiger partial charge in [-0.3, -0.25) is 0 Å². The Morgan fingerprint density at radius 1 is 1.30 bits per heavy atom. The highest BCUT2D eigenvalue weighted by molar-refractivity contribution is 7.89. The van der Waals surface area contributed by atoms with Gasteiger partial charge in [0.05, 0.1) is 16.5 Å². The zero-order valence-electron chi connectivity index (χ0n) is 11.1. The van der Waals surface area contributed by atoms with Gasteiger partial charge in [0.25, 0.3) is 0 Å². The summed E-state index contributed by atoms with van der Waals surface area (Å²) in [7, 11) is -3.54. The Morgan fingerprint density at radius 2 is 2.00 bits per heavy atom. The highest BCUT2D eigenvalue weighted by atomic mass is 32.2. The molecule has 0 fully saturated rings. The quantitative estimate of drug-likeness (QED) is 0.909. The number of aromatic nitrogens is 1. The van der Waals surface area contributed by atoms with E-state index >= 15 is 0 Å². The van der Waals surface area contributed by atoms with Gasteiger partial charge < -0.3 is 4.57 Å². The number of nitriles is 1. The van der Waals surface area contributed by atoms with E-state index in [0.29, 0.717) is 24.2 Å². The topological polar surface area (TPSA) is 74.9 Å². The molecule has 1 aromatic heterocycles. The van der Waals surface area contributed by atoms with Crippen molar-refractivity contribution in [3.8, 4) is 6.07 Å². The third kappa shape index (κ3) is 3.26. The maximum Gasteiger partial charge on any atom is 0.240 e. The molecule has 0 spiro atoms. The predicted molar refractivity (Wildman–Crippen MR) is 75.5 cm³/mol. The summed E-state index contributed by atoms with van der Waals surface area (Å²) >= 11 is 0. The fourth-order valence-electron chi connectivity index (χ4n) is 1.93. The fraction of sp³-hybridized carbons (Fsp3) is 0.214. The first kappa shape index (κ1) is 14.3. The molecular weight excluding hydrogens is 274 g/mol. The molecule has 5 nitrogen and oxygen atoms in total. The van der Waals surface area contributed by atoms with E-state index in [9.17, 15) is 8.42 Å². The van der Waals surface area contributed by atoms with Crippen LogP contribution in [0.4, 0.5) is 0 Å². The standard InChI is InChI=1S/C14H15N3O2S/c1-12-10-13(11-15)4-5-14(12)20(18,19)16-6-9-17-7-2-3-8-17/h2-5,7-8,10,16H,6,9H2,1H3. The molecule has 2 aromatic rings. The predicted octanol–water partition coefficient (Wildman–Crippen LogP) is 1.65. The normalized spacial score (nSPS) is 11.2. The summed E-state index contributed by atoms with van der Waals surface area (Å²) < 4.78 is 28.8. The van der Waals surface area contributed by atoms with Gasteiger partial charge in [0.2, 0.25) is 10.0 Å². The maximum atomic E-state index is 12.2. The Labute approximate surface area is 118 Å². The molecule has 0 atom stereocenters. The molecule has 1 aromatic carbocycles. The summed E-state index contributed by atoms with van der Waals surface area (Å²) in [5, 5.41) is 8.78. The first-order valence-electron chi connectivity index (χ1n) is 6.14. The van der Waals surface area contributed by atoms with Gasteiger partial charge in [0, 0.05) is 25.5 Å². The Bertz CT molecular complexity index is 728. The van der Waals surface area contributed by atoms with Gasteiger partial charge in [-0.2, -0.15) is 5.26 Å². The molecule has 0 aliphatic rings. The molecule has 0 amide bonds. The molecule has 6 heteroatoms. The summed E-state index contributed by atoms with van der Waals surface area (Å²) in [6.45, 7) is 2.57. The summed E-state index contributed by atoms with van der Waals surface area (Å²) in [4.78, 5) is 0.212. The Hall–Kier alpha value is -2.10. The number of benzene rings is 1. The van der Waals surface area contributed by atoms with Crippen molar-refractivity contribution in [2.45, 2.75) is 18.4 Å².